The van der Waals surface area contributed by atoms with Gasteiger partial charge >= 0.3 is 0 Å². The molecule has 1 heterocycles. The van der Waals surface area contributed by atoms with E-state index in [0.29, 0.717) is 5.56 Å². The van der Waals surface area contributed by atoms with Crippen molar-refractivity contribution in [3.05, 3.63) is 41.2 Å². The van der Waals surface area contributed by atoms with Gasteiger partial charge in [-0.15, -0.1) is 5.10 Å². The van der Waals surface area contributed by atoms with Crippen LogP contribution in [0.5, 0.6) is 5.75 Å². The summed E-state index contributed by atoms with van der Waals surface area (Å²) in [7, 11) is 0. The standard InChI is InChI=1S/C11H12F2N4O/c12-11(13)10-8(5-14)15-16-17(10)6-7-3-1-2-4-9(7)18/h1-4,11,18H,5-6,14H2. The number of hydrogen-bond acceptors (Lipinski definition) is 4. The van der Waals surface area contributed by atoms with Crippen LogP contribution in [-0.2, 0) is 13.1 Å². The molecule has 0 radical (unpaired) electrons. The van der Waals surface area contributed by atoms with Gasteiger partial charge in [-0.3, -0.25) is 0 Å². The topological polar surface area (TPSA) is 77.0 Å². The fraction of sp³-hybridized carbons (Fsp3) is 0.273. The largest absolute Gasteiger partial charge is 0.508 e. The summed E-state index contributed by atoms with van der Waals surface area (Å²) in [6.07, 6.45) is -2.70. The molecule has 96 valence electrons. The molecule has 0 aliphatic heterocycles. The summed E-state index contributed by atoms with van der Waals surface area (Å²) in [5.74, 6) is 0.0301. The van der Waals surface area contributed by atoms with Crippen LogP contribution in [0.4, 0.5) is 8.78 Å². The lowest BCUT2D eigenvalue weighted by Gasteiger charge is -2.08. The summed E-state index contributed by atoms with van der Waals surface area (Å²) >= 11 is 0. The smallest absolute Gasteiger partial charge is 0.281 e. The monoisotopic (exact) mass is 254 g/mol. The maximum atomic E-state index is 12.9. The van der Waals surface area contributed by atoms with Gasteiger partial charge in [-0.25, -0.2) is 13.5 Å². The van der Waals surface area contributed by atoms with Gasteiger partial charge in [0.25, 0.3) is 6.43 Å². The molecule has 3 N–H and O–H groups in total. The van der Waals surface area contributed by atoms with Gasteiger partial charge in [-0.05, 0) is 6.07 Å². The number of aromatic nitrogens is 3. The molecular formula is C11H12F2N4O. The number of alkyl halides is 2. The Kier molecular flexibility index (Phi) is 3.52. The van der Waals surface area contributed by atoms with E-state index in [1.165, 1.54) is 6.07 Å². The van der Waals surface area contributed by atoms with Crippen molar-refractivity contribution in [2.75, 3.05) is 0 Å². The second-order valence-electron chi connectivity index (χ2n) is 3.71. The molecule has 0 saturated heterocycles. The number of halogens is 2. The van der Waals surface area contributed by atoms with Gasteiger partial charge in [0.2, 0.25) is 0 Å². The third-order valence-electron chi connectivity index (χ3n) is 2.56. The highest BCUT2D eigenvalue weighted by atomic mass is 19.3. The van der Waals surface area contributed by atoms with Crippen molar-refractivity contribution in [3.8, 4) is 5.75 Å². The van der Waals surface area contributed by atoms with Crippen LogP contribution in [0.2, 0.25) is 0 Å². The molecule has 0 amide bonds. The normalized spacial score (nSPS) is 11.1. The summed E-state index contributed by atoms with van der Waals surface area (Å²) in [6.45, 7) is -0.0697. The Morgan fingerprint density at radius 1 is 1.33 bits per heavy atom. The van der Waals surface area contributed by atoms with E-state index in [0.717, 1.165) is 4.68 Å². The number of para-hydroxylation sites is 1. The number of hydrogen-bond donors (Lipinski definition) is 2. The SMILES string of the molecule is NCc1nnn(Cc2ccccc2O)c1C(F)F. The van der Waals surface area contributed by atoms with Gasteiger partial charge in [0.05, 0.1) is 6.54 Å². The molecule has 18 heavy (non-hydrogen) atoms. The van der Waals surface area contributed by atoms with Gasteiger partial charge in [-0.1, -0.05) is 23.4 Å². The maximum absolute atomic E-state index is 12.9. The third-order valence-corrected chi connectivity index (χ3v) is 2.56. The van der Waals surface area contributed by atoms with Crippen LogP contribution in [0.15, 0.2) is 24.3 Å². The number of nitrogens with zero attached hydrogens (tertiary/aromatic N) is 3. The number of phenolic OH excluding ortho intramolecular Hbond substituents is 1. The van der Waals surface area contributed by atoms with Crippen LogP contribution in [0.3, 0.4) is 0 Å². The average molecular weight is 254 g/mol. The first-order chi connectivity index (χ1) is 8.63. The fourth-order valence-corrected chi connectivity index (χ4v) is 1.66. The second kappa shape index (κ2) is 5.09. The van der Waals surface area contributed by atoms with E-state index >= 15 is 0 Å². The van der Waals surface area contributed by atoms with E-state index < -0.39 is 6.43 Å². The van der Waals surface area contributed by atoms with Crippen LogP contribution in [0.25, 0.3) is 0 Å². The van der Waals surface area contributed by atoms with Gasteiger partial charge < -0.3 is 10.8 Å². The Balaban J connectivity index is 2.35. The lowest BCUT2D eigenvalue weighted by atomic mass is 10.2. The number of phenols is 1. The van der Waals surface area contributed by atoms with Crippen molar-refractivity contribution in [2.24, 2.45) is 5.73 Å². The van der Waals surface area contributed by atoms with Gasteiger partial charge in [0.15, 0.2) is 0 Å². The summed E-state index contributed by atoms with van der Waals surface area (Å²) < 4.78 is 26.8. The second-order valence-corrected chi connectivity index (χ2v) is 3.71. The predicted octanol–water partition coefficient (Wildman–Crippen LogP) is 1.43. The quantitative estimate of drug-likeness (QED) is 0.865. The maximum Gasteiger partial charge on any atom is 0.281 e. The molecule has 0 aliphatic rings. The van der Waals surface area contributed by atoms with Gasteiger partial charge in [0, 0.05) is 12.1 Å². The van der Waals surface area contributed by atoms with E-state index in [-0.39, 0.29) is 30.2 Å². The van der Waals surface area contributed by atoms with Gasteiger partial charge in [0.1, 0.15) is 17.1 Å². The van der Waals surface area contributed by atoms with Crippen molar-refractivity contribution in [1.82, 2.24) is 15.0 Å². The zero-order chi connectivity index (χ0) is 13.1. The van der Waals surface area contributed by atoms with E-state index in [1.54, 1.807) is 18.2 Å². The van der Waals surface area contributed by atoms with Crippen molar-refractivity contribution in [3.63, 3.8) is 0 Å². The minimum Gasteiger partial charge on any atom is -0.508 e. The number of benzene rings is 1. The summed E-state index contributed by atoms with van der Waals surface area (Å²) in [4.78, 5) is 0. The molecule has 0 unspecified atom stereocenters. The van der Waals surface area contributed by atoms with Gasteiger partial charge in [-0.2, -0.15) is 0 Å². The first-order valence-electron chi connectivity index (χ1n) is 5.30. The van der Waals surface area contributed by atoms with Crippen molar-refractivity contribution in [1.29, 1.82) is 0 Å². The molecular weight excluding hydrogens is 242 g/mol. The Morgan fingerprint density at radius 2 is 2.06 bits per heavy atom. The Labute approximate surface area is 102 Å². The Hall–Kier alpha value is -2.02. The van der Waals surface area contributed by atoms with Crippen LogP contribution in [0, 0.1) is 0 Å². The van der Waals surface area contributed by atoms with E-state index in [9.17, 15) is 13.9 Å². The Bertz CT molecular complexity index is 542. The molecule has 0 spiro atoms. The molecule has 0 bridgehead atoms. The van der Waals surface area contributed by atoms with Crippen molar-refractivity contribution >= 4 is 0 Å². The zero-order valence-electron chi connectivity index (χ0n) is 9.42. The average Bonchev–Trinajstić information content (AvgIpc) is 2.75. The molecule has 0 fully saturated rings. The molecule has 1 aromatic heterocycles. The molecule has 0 saturated carbocycles. The predicted molar refractivity (Wildman–Crippen MR) is 60.1 cm³/mol. The first kappa shape index (κ1) is 12.4. The van der Waals surface area contributed by atoms with Crippen LogP contribution in [0.1, 0.15) is 23.4 Å². The molecule has 2 rings (SSSR count). The number of aromatic hydroxyl groups is 1. The molecule has 1 aromatic carbocycles. The zero-order valence-corrected chi connectivity index (χ0v) is 9.42. The van der Waals surface area contributed by atoms with E-state index in [2.05, 4.69) is 10.3 Å². The highest BCUT2D eigenvalue weighted by Gasteiger charge is 2.21. The lowest BCUT2D eigenvalue weighted by molar-refractivity contribution is 0.138. The minimum atomic E-state index is -2.70. The van der Waals surface area contributed by atoms with Crippen LogP contribution >= 0.6 is 0 Å². The van der Waals surface area contributed by atoms with Crippen molar-refractivity contribution < 1.29 is 13.9 Å². The number of rotatable bonds is 4. The summed E-state index contributed by atoms with van der Waals surface area (Å²) in [5, 5.41) is 16.8. The lowest BCUT2D eigenvalue weighted by Crippen LogP contribution is -2.09. The molecule has 2 aromatic rings. The highest BCUT2D eigenvalue weighted by Crippen LogP contribution is 2.23. The molecule has 7 heteroatoms. The summed E-state index contributed by atoms with van der Waals surface area (Å²) in [6, 6.07) is 6.48. The molecule has 0 atom stereocenters. The fourth-order valence-electron chi connectivity index (χ4n) is 1.66. The van der Waals surface area contributed by atoms with Crippen LogP contribution < -0.4 is 5.73 Å². The van der Waals surface area contributed by atoms with E-state index in [1.807, 2.05) is 0 Å². The first-order valence-corrected chi connectivity index (χ1v) is 5.30. The molecule has 0 aliphatic carbocycles. The van der Waals surface area contributed by atoms with Crippen LogP contribution in [-0.4, -0.2) is 20.1 Å². The minimum absolute atomic E-state index is 0.0271. The van der Waals surface area contributed by atoms with Crippen molar-refractivity contribution in [2.45, 2.75) is 19.5 Å². The Morgan fingerprint density at radius 3 is 2.67 bits per heavy atom. The summed E-state index contributed by atoms with van der Waals surface area (Å²) in [5.41, 5.74) is 5.58. The molecule has 5 nitrogen and oxygen atoms in total. The number of nitrogens with two attached hydrogens (primary N) is 1. The highest BCUT2D eigenvalue weighted by molar-refractivity contribution is 5.32. The third kappa shape index (κ3) is 2.30. The van der Waals surface area contributed by atoms with E-state index in [4.69, 9.17) is 5.73 Å².